The molecule has 0 bridgehead atoms. The van der Waals surface area contributed by atoms with Gasteiger partial charge in [-0.2, -0.15) is 0 Å². The lowest BCUT2D eigenvalue weighted by atomic mass is 10.1. The van der Waals surface area contributed by atoms with Gasteiger partial charge in [0.1, 0.15) is 10.8 Å². The van der Waals surface area contributed by atoms with E-state index in [9.17, 15) is 9.50 Å². The highest BCUT2D eigenvalue weighted by molar-refractivity contribution is 8.01. The Morgan fingerprint density at radius 1 is 1.41 bits per heavy atom. The highest BCUT2D eigenvalue weighted by Crippen LogP contribution is 2.35. The van der Waals surface area contributed by atoms with Crippen molar-refractivity contribution >= 4 is 23.1 Å². The summed E-state index contributed by atoms with van der Waals surface area (Å²) < 4.78 is 13.9. The van der Waals surface area contributed by atoms with Gasteiger partial charge in [-0.1, -0.05) is 23.1 Å². The number of aryl methyl sites for hydroxylation is 1. The van der Waals surface area contributed by atoms with Crippen molar-refractivity contribution in [3.05, 3.63) is 34.6 Å². The second kappa shape index (κ2) is 5.12. The molecule has 2 rings (SSSR count). The molecular formula is C11H11FN2OS2. The maximum atomic E-state index is 13.1. The van der Waals surface area contributed by atoms with E-state index in [2.05, 4.69) is 10.2 Å². The third-order valence-corrected chi connectivity index (χ3v) is 4.11. The molecule has 0 aliphatic heterocycles. The first-order valence-electron chi connectivity index (χ1n) is 5.01. The van der Waals surface area contributed by atoms with Crippen LogP contribution in [0.5, 0.6) is 0 Å². The van der Waals surface area contributed by atoms with Crippen LogP contribution in [-0.2, 0) is 0 Å². The number of aromatic nitrogens is 2. The minimum absolute atomic E-state index is 0.348. The van der Waals surface area contributed by atoms with Gasteiger partial charge in [0.15, 0.2) is 4.34 Å². The normalized spacial score (nSPS) is 12.7. The van der Waals surface area contributed by atoms with E-state index in [1.165, 1.54) is 35.2 Å². The fourth-order valence-corrected chi connectivity index (χ4v) is 3.32. The summed E-state index contributed by atoms with van der Waals surface area (Å²) in [6.07, 6.45) is -0.706. The Balaban J connectivity index is 2.32. The average molecular weight is 270 g/mol. The van der Waals surface area contributed by atoms with Crippen LogP contribution in [0.2, 0.25) is 0 Å². The number of hydrogen-bond donors (Lipinski definition) is 1. The van der Waals surface area contributed by atoms with Crippen molar-refractivity contribution in [1.29, 1.82) is 0 Å². The Labute approximate surface area is 107 Å². The van der Waals surface area contributed by atoms with E-state index in [1.807, 2.05) is 6.92 Å². The SMILES string of the molecule is Cc1nnc(Sc2ccc(F)cc2[C@@H](C)O)s1. The van der Waals surface area contributed by atoms with Crippen molar-refractivity contribution in [2.24, 2.45) is 0 Å². The second-order valence-electron chi connectivity index (χ2n) is 3.55. The van der Waals surface area contributed by atoms with Crippen LogP contribution < -0.4 is 0 Å². The molecule has 1 heterocycles. The predicted octanol–water partition coefficient (Wildman–Crippen LogP) is 3.19. The van der Waals surface area contributed by atoms with Gasteiger partial charge in [0.2, 0.25) is 0 Å². The summed E-state index contributed by atoms with van der Waals surface area (Å²) in [6.45, 7) is 3.49. The van der Waals surface area contributed by atoms with E-state index >= 15 is 0 Å². The number of rotatable bonds is 3. The largest absolute Gasteiger partial charge is 0.389 e. The lowest BCUT2D eigenvalue weighted by Gasteiger charge is -2.10. The summed E-state index contributed by atoms with van der Waals surface area (Å²) in [6, 6.07) is 4.38. The molecule has 0 aliphatic rings. The molecule has 0 aliphatic carbocycles. The first kappa shape index (κ1) is 12.5. The summed E-state index contributed by atoms with van der Waals surface area (Å²) in [7, 11) is 0. The van der Waals surface area contributed by atoms with E-state index in [1.54, 1.807) is 13.0 Å². The Hall–Kier alpha value is -0.980. The highest BCUT2D eigenvalue weighted by Gasteiger charge is 2.12. The van der Waals surface area contributed by atoms with Crippen LogP contribution in [0.25, 0.3) is 0 Å². The number of hydrogen-bond acceptors (Lipinski definition) is 5. The Kier molecular flexibility index (Phi) is 3.76. The van der Waals surface area contributed by atoms with Gasteiger partial charge in [0, 0.05) is 4.90 Å². The van der Waals surface area contributed by atoms with Gasteiger partial charge in [-0.25, -0.2) is 4.39 Å². The number of halogens is 1. The maximum Gasteiger partial charge on any atom is 0.179 e. The van der Waals surface area contributed by atoms with Gasteiger partial charge in [-0.15, -0.1) is 10.2 Å². The van der Waals surface area contributed by atoms with Crippen LogP contribution in [0.3, 0.4) is 0 Å². The van der Waals surface area contributed by atoms with E-state index in [0.717, 1.165) is 14.2 Å². The summed E-state index contributed by atoms with van der Waals surface area (Å²) in [4.78, 5) is 0.803. The van der Waals surface area contributed by atoms with Gasteiger partial charge in [-0.3, -0.25) is 0 Å². The van der Waals surface area contributed by atoms with Crippen molar-refractivity contribution in [3.8, 4) is 0 Å². The molecule has 6 heteroatoms. The van der Waals surface area contributed by atoms with Crippen LogP contribution >= 0.6 is 23.1 Å². The van der Waals surface area contributed by atoms with Crippen LogP contribution in [-0.4, -0.2) is 15.3 Å². The predicted molar refractivity (Wildman–Crippen MR) is 65.8 cm³/mol. The molecule has 17 heavy (non-hydrogen) atoms. The number of nitrogens with zero attached hydrogens (tertiary/aromatic N) is 2. The molecule has 0 amide bonds. The lowest BCUT2D eigenvalue weighted by Crippen LogP contribution is -1.95. The van der Waals surface area contributed by atoms with Gasteiger partial charge < -0.3 is 5.11 Å². The molecule has 1 N–H and O–H groups in total. The van der Waals surface area contributed by atoms with Gasteiger partial charge in [0.05, 0.1) is 6.10 Å². The second-order valence-corrected chi connectivity index (χ2v) is 6.02. The minimum Gasteiger partial charge on any atom is -0.389 e. The molecule has 1 aromatic carbocycles. The Morgan fingerprint density at radius 2 is 2.18 bits per heavy atom. The summed E-state index contributed by atoms with van der Waals surface area (Å²) >= 11 is 2.86. The molecule has 0 saturated heterocycles. The fourth-order valence-electron chi connectivity index (χ4n) is 1.35. The summed E-state index contributed by atoms with van der Waals surface area (Å²) in [5.74, 6) is -0.348. The molecular weight excluding hydrogens is 259 g/mol. The Bertz CT molecular complexity index is 528. The third kappa shape index (κ3) is 3.02. The first-order valence-corrected chi connectivity index (χ1v) is 6.65. The number of aliphatic hydroxyl groups is 1. The minimum atomic E-state index is -0.706. The first-order chi connectivity index (χ1) is 8.06. The van der Waals surface area contributed by atoms with Crippen molar-refractivity contribution in [1.82, 2.24) is 10.2 Å². The van der Waals surface area contributed by atoms with Crippen molar-refractivity contribution in [2.45, 2.75) is 29.2 Å². The van der Waals surface area contributed by atoms with Crippen molar-refractivity contribution in [2.75, 3.05) is 0 Å². The summed E-state index contributed by atoms with van der Waals surface area (Å²) in [5, 5.41) is 18.4. The monoisotopic (exact) mass is 270 g/mol. The molecule has 1 atom stereocenters. The molecule has 1 aromatic heterocycles. The molecule has 3 nitrogen and oxygen atoms in total. The summed E-state index contributed by atoms with van der Waals surface area (Å²) in [5.41, 5.74) is 0.572. The number of benzene rings is 1. The topological polar surface area (TPSA) is 46.0 Å². The average Bonchev–Trinajstić information content (AvgIpc) is 2.66. The van der Waals surface area contributed by atoms with Crippen LogP contribution in [0, 0.1) is 12.7 Å². The fraction of sp³-hybridized carbons (Fsp3) is 0.273. The van der Waals surface area contributed by atoms with Crippen LogP contribution in [0.4, 0.5) is 4.39 Å². The third-order valence-electron chi connectivity index (χ3n) is 2.13. The molecule has 0 fully saturated rings. The molecule has 0 radical (unpaired) electrons. The maximum absolute atomic E-state index is 13.1. The zero-order chi connectivity index (χ0) is 12.4. The van der Waals surface area contributed by atoms with Gasteiger partial charge >= 0.3 is 0 Å². The number of aliphatic hydroxyl groups excluding tert-OH is 1. The van der Waals surface area contributed by atoms with Crippen LogP contribution in [0.1, 0.15) is 23.6 Å². The highest BCUT2D eigenvalue weighted by atomic mass is 32.2. The van der Waals surface area contributed by atoms with Gasteiger partial charge in [-0.05, 0) is 37.6 Å². The van der Waals surface area contributed by atoms with Crippen LogP contribution in [0.15, 0.2) is 27.4 Å². The van der Waals surface area contributed by atoms with Crippen molar-refractivity contribution < 1.29 is 9.50 Å². The van der Waals surface area contributed by atoms with E-state index in [0.29, 0.717) is 5.56 Å². The zero-order valence-electron chi connectivity index (χ0n) is 9.35. The van der Waals surface area contributed by atoms with E-state index in [-0.39, 0.29) is 5.82 Å². The Morgan fingerprint density at radius 3 is 2.76 bits per heavy atom. The lowest BCUT2D eigenvalue weighted by molar-refractivity contribution is 0.196. The quantitative estimate of drug-likeness (QED) is 0.930. The van der Waals surface area contributed by atoms with E-state index < -0.39 is 6.10 Å². The molecule has 90 valence electrons. The molecule has 2 aromatic rings. The zero-order valence-corrected chi connectivity index (χ0v) is 11.0. The molecule has 0 spiro atoms. The standard InChI is InChI=1S/C11H11FN2OS2/c1-6(15)9-5-8(12)3-4-10(9)17-11-14-13-7(2)16-11/h3-6,15H,1-2H3/t6-/m1/s1. The van der Waals surface area contributed by atoms with Crippen molar-refractivity contribution in [3.63, 3.8) is 0 Å². The van der Waals surface area contributed by atoms with Gasteiger partial charge in [0.25, 0.3) is 0 Å². The molecule has 0 saturated carbocycles. The smallest absolute Gasteiger partial charge is 0.179 e. The van der Waals surface area contributed by atoms with E-state index in [4.69, 9.17) is 0 Å². The molecule has 0 unspecified atom stereocenters.